The Hall–Kier alpha value is -1.55. The first-order valence-electron chi connectivity index (χ1n) is 8.74. The fourth-order valence-electron chi connectivity index (χ4n) is 3.44. The van der Waals surface area contributed by atoms with Gasteiger partial charge in [-0.25, -0.2) is 0 Å². The highest BCUT2D eigenvalue weighted by atomic mass is 16.5. The maximum Gasteiger partial charge on any atom is 0.234 e. The van der Waals surface area contributed by atoms with Crippen LogP contribution in [0.25, 0.3) is 0 Å². The summed E-state index contributed by atoms with van der Waals surface area (Å²) in [5.41, 5.74) is 1.01. The third kappa shape index (κ3) is 5.24. The number of carbonyl (C=O) groups excluding carboxylic acids is 1. The van der Waals surface area contributed by atoms with Crippen LogP contribution in [0.3, 0.4) is 0 Å². The topological polar surface area (TPSA) is 41.6 Å². The van der Waals surface area contributed by atoms with Crippen molar-refractivity contribution >= 4 is 5.91 Å². The highest BCUT2D eigenvalue weighted by molar-refractivity contribution is 5.78. The molecule has 1 aromatic carbocycles. The van der Waals surface area contributed by atoms with Gasteiger partial charge >= 0.3 is 0 Å². The number of rotatable bonds is 6. The lowest BCUT2D eigenvalue weighted by molar-refractivity contribution is -0.123. The van der Waals surface area contributed by atoms with Crippen molar-refractivity contribution in [1.29, 1.82) is 0 Å². The van der Waals surface area contributed by atoms with Gasteiger partial charge in [-0.3, -0.25) is 9.69 Å². The van der Waals surface area contributed by atoms with E-state index < -0.39 is 0 Å². The molecule has 0 heterocycles. The molecule has 0 bridgehead atoms. The SMILES string of the molecule is COc1ccccc1C(C)NC(=O)CN(C)C1CCCCCC1. The molecule has 4 heteroatoms. The Kier molecular flexibility index (Phi) is 6.90. The van der Waals surface area contributed by atoms with E-state index in [-0.39, 0.29) is 11.9 Å². The van der Waals surface area contributed by atoms with Gasteiger partial charge in [0, 0.05) is 11.6 Å². The van der Waals surface area contributed by atoms with E-state index >= 15 is 0 Å². The summed E-state index contributed by atoms with van der Waals surface area (Å²) >= 11 is 0. The molecule has 1 saturated carbocycles. The van der Waals surface area contributed by atoms with Crippen LogP contribution in [0.2, 0.25) is 0 Å². The Balaban J connectivity index is 1.88. The molecule has 128 valence electrons. The Bertz CT molecular complexity index is 496. The summed E-state index contributed by atoms with van der Waals surface area (Å²) in [5, 5.41) is 3.10. The normalized spacial score (nSPS) is 17.6. The molecule has 1 aliphatic rings. The van der Waals surface area contributed by atoms with E-state index in [9.17, 15) is 4.79 Å². The largest absolute Gasteiger partial charge is 0.496 e. The number of hydrogen-bond acceptors (Lipinski definition) is 3. The van der Waals surface area contributed by atoms with Gasteiger partial charge in [-0.05, 0) is 32.9 Å². The number of ether oxygens (including phenoxy) is 1. The zero-order valence-electron chi connectivity index (χ0n) is 14.7. The zero-order valence-corrected chi connectivity index (χ0v) is 14.7. The highest BCUT2D eigenvalue weighted by Gasteiger charge is 2.20. The number of methoxy groups -OCH3 is 1. The van der Waals surface area contributed by atoms with Gasteiger partial charge in [0.1, 0.15) is 5.75 Å². The van der Waals surface area contributed by atoms with Crippen LogP contribution in [0.4, 0.5) is 0 Å². The Morgan fingerprint density at radius 1 is 1.26 bits per heavy atom. The lowest BCUT2D eigenvalue weighted by Crippen LogP contribution is -2.41. The molecule has 0 spiro atoms. The monoisotopic (exact) mass is 318 g/mol. The van der Waals surface area contributed by atoms with Crippen molar-refractivity contribution in [2.24, 2.45) is 0 Å². The molecule has 0 aromatic heterocycles. The predicted octanol–water partition coefficient (Wildman–Crippen LogP) is 3.53. The van der Waals surface area contributed by atoms with E-state index in [1.54, 1.807) is 7.11 Å². The molecule has 23 heavy (non-hydrogen) atoms. The van der Waals surface area contributed by atoms with Crippen molar-refractivity contribution in [3.63, 3.8) is 0 Å². The summed E-state index contributed by atoms with van der Waals surface area (Å²) in [7, 11) is 3.73. The molecule has 1 N–H and O–H groups in total. The minimum atomic E-state index is -0.0545. The van der Waals surface area contributed by atoms with Crippen LogP contribution in [0.5, 0.6) is 5.75 Å². The summed E-state index contributed by atoms with van der Waals surface area (Å²) in [6, 6.07) is 8.33. The molecule has 1 aliphatic carbocycles. The van der Waals surface area contributed by atoms with Crippen LogP contribution in [0, 0.1) is 0 Å². The van der Waals surface area contributed by atoms with Gasteiger partial charge in [-0.1, -0.05) is 43.9 Å². The van der Waals surface area contributed by atoms with Gasteiger partial charge in [0.25, 0.3) is 0 Å². The standard InChI is InChI=1S/C19H30N2O2/c1-15(17-12-8-9-13-18(17)23-3)20-19(22)14-21(2)16-10-6-4-5-7-11-16/h8-9,12-13,15-16H,4-7,10-11,14H2,1-3H3,(H,20,22). The quantitative estimate of drug-likeness (QED) is 0.816. The van der Waals surface area contributed by atoms with Gasteiger partial charge in [0.2, 0.25) is 5.91 Å². The molecular weight excluding hydrogens is 288 g/mol. The van der Waals surface area contributed by atoms with Gasteiger partial charge in [-0.15, -0.1) is 0 Å². The van der Waals surface area contributed by atoms with Crippen LogP contribution < -0.4 is 10.1 Å². The van der Waals surface area contributed by atoms with Crippen molar-refractivity contribution in [3.05, 3.63) is 29.8 Å². The second-order valence-electron chi connectivity index (χ2n) is 6.59. The molecule has 1 fully saturated rings. The first kappa shape index (κ1) is 17.8. The number of nitrogens with zero attached hydrogens (tertiary/aromatic N) is 1. The average molecular weight is 318 g/mol. The number of nitrogens with one attached hydrogen (secondary N) is 1. The fourth-order valence-corrected chi connectivity index (χ4v) is 3.44. The van der Waals surface area contributed by atoms with Crippen LogP contribution in [0.1, 0.15) is 57.1 Å². The summed E-state index contributed by atoms with van der Waals surface area (Å²) in [6.07, 6.45) is 7.67. The minimum absolute atomic E-state index is 0.0545. The molecule has 1 unspecified atom stereocenters. The summed E-state index contributed by atoms with van der Waals surface area (Å²) < 4.78 is 5.38. The molecule has 4 nitrogen and oxygen atoms in total. The van der Waals surface area contributed by atoms with E-state index in [1.807, 2.05) is 31.2 Å². The fraction of sp³-hybridized carbons (Fsp3) is 0.632. The van der Waals surface area contributed by atoms with Gasteiger partial charge in [-0.2, -0.15) is 0 Å². The minimum Gasteiger partial charge on any atom is -0.496 e. The van der Waals surface area contributed by atoms with E-state index in [0.29, 0.717) is 12.6 Å². The van der Waals surface area contributed by atoms with Gasteiger partial charge < -0.3 is 10.1 Å². The molecule has 0 radical (unpaired) electrons. The van der Waals surface area contributed by atoms with Crippen LogP contribution >= 0.6 is 0 Å². The molecule has 1 atom stereocenters. The molecule has 2 rings (SSSR count). The van der Waals surface area contributed by atoms with Crippen molar-refractivity contribution in [1.82, 2.24) is 10.2 Å². The Morgan fingerprint density at radius 3 is 2.57 bits per heavy atom. The maximum atomic E-state index is 12.4. The zero-order chi connectivity index (χ0) is 16.7. The molecule has 1 amide bonds. The lowest BCUT2D eigenvalue weighted by Gasteiger charge is -2.27. The van der Waals surface area contributed by atoms with Gasteiger partial charge in [0.05, 0.1) is 19.7 Å². The number of hydrogen-bond donors (Lipinski definition) is 1. The van der Waals surface area contributed by atoms with Gasteiger partial charge in [0.15, 0.2) is 0 Å². The number of amides is 1. The van der Waals surface area contributed by atoms with Crippen LogP contribution in [-0.2, 0) is 4.79 Å². The number of benzene rings is 1. The summed E-state index contributed by atoms with van der Waals surface area (Å²) in [6.45, 7) is 2.46. The smallest absolute Gasteiger partial charge is 0.234 e. The van der Waals surface area contributed by atoms with E-state index in [2.05, 4.69) is 17.3 Å². The van der Waals surface area contributed by atoms with Crippen molar-refractivity contribution in [2.75, 3.05) is 20.7 Å². The third-order valence-corrected chi connectivity index (χ3v) is 4.82. The van der Waals surface area contributed by atoms with Crippen molar-refractivity contribution < 1.29 is 9.53 Å². The highest BCUT2D eigenvalue weighted by Crippen LogP contribution is 2.24. The van der Waals surface area contributed by atoms with Crippen LogP contribution in [-0.4, -0.2) is 37.6 Å². The van der Waals surface area contributed by atoms with Crippen molar-refractivity contribution in [2.45, 2.75) is 57.5 Å². The average Bonchev–Trinajstić information content (AvgIpc) is 2.83. The predicted molar refractivity (Wildman–Crippen MR) is 93.7 cm³/mol. The van der Waals surface area contributed by atoms with E-state index in [1.165, 1.54) is 38.5 Å². The number of likely N-dealkylation sites (N-methyl/N-ethyl adjacent to an activating group) is 1. The Morgan fingerprint density at radius 2 is 1.91 bits per heavy atom. The molecule has 1 aromatic rings. The molecular formula is C19H30N2O2. The van der Waals surface area contributed by atoms with Crippen molar-refractivity contribution in [3.8, 4) is 5.75 Å². The lowest BCUT2D eigenvalue weighted by atomic mass is 10.1. The molecule has 0 saturated heterocycles. The van der Waals surface area contributed by atoms with E-state index in [0.717, 1.165) is 11.3 Å². The second kappa shape index (κ2) is 8.92. The van der Waals surface area contributed by atoms with Crippen LogP contribution in [0.15, 0.2) is 24.3 Å². The second-order valence-corrected chi connectivity index (χ2v) is 6.59. The first-order valence-corrected chi connectivity index (χ1v) is 8.74. The third-order valence-electron chi connectivity index (χ3n) is 4.82. The number of para-hydroxylation sites is 1. The summed E-state index contributed by atoms with van der Waals surface area (Å²) in [5.74, 6) is 0.896. The van der Waals surface area contributed by atoms with E-state index in [4.69, 9.17) is 4.74 Å². The Labute approximate surface area is 140 Å². The first-order chi connectivity index (χ1) is 11.1. The summed E-state index contributed by atoms with van der Waals surface area (Å²) in [4.78, 5) is 14.6. The number of carbonyl (C=O) groups is 1. The maximum absolute atomic E-state index is 12.4. The molecule has 0 aliphatic heterocycles.